The van der Waals surface area contributed by atoms with E-state index in [4.69, 9.17) is 4.74 Å². The Morgan fingerprint density at radius 1 is 1.12 bits per heavy atom. The van der Waals surface area contributed by atoms with Crippen molar-refractivity contribution in [2.45, 2.75) is 20.0 Å². The molecule has 2 heterocycles. The van der Waals surface area contributed by atoms with Crippen LogP contribution in [0.4, 0.5) is 0 Å². The zero-order valence-electron chi connectivity index (χ0n) is 13.4. The molecule has 0 bridgehead atoms. The molecule has 4 aromatic rings. The van der Waals surface area contributed by atoms with Gasteiger partial charge in [-0.3, -0.25) is 4.79 Å². The molecule has 2 aromatic heterocycles. The number of imidazole rings is 1. The number of nitrogens with zero attached hydrogens (tertiary/aromatic N) is 2. The Hall–Kier alpha value is -2.66. The number of para-hydroxylation sites is 2. The third-order valence-corrected chi connectivity index (χ3v) is 4.66. The summed E-state index contributed by atoms with van der Waals surface area (Å²) in [6.07, 6.45) is 2.04. The first-order valence-electron chi connectivity index (χ1n) is 7.80. The third-order valence-electron chi connectivity index (χ3n) is 3.69. The summed E-state index contributed by atoms with van der Waals surface area (Å²) in [5.41, 5.74) is 2.65. The van der Waals surface area contributed by atoms with Crippen LogP contribution in [-0.2, 0) is 0 Å². The summed E-state index contributed by atoms with van der Waals surface area (Å²) in [4.78, 5) is 18.0. The highest BCUT2D eigenvalue weighted by atomic mass is 32.1. The lowest BCUT2D eigenvalue weighted by molar-refractivity contribution is 0.242. The van der Waals surface area contributed by atoms with E-state index in [1.54, 1.807) is 4.40 Å². The lowest BCUT2D eigenvalue weighted by Crippen LogP contribution is -2.22. The topological polar surface area (TPSA) is 43.6 Å². The van der Waals surface area contributed by atoms with Gasteiger partial charge in [0.05, 0.1) is 21.7 Å². The maximum atomic E-state index is 12.7. The fourth-order valence-corrected chi connectivity index (χ4v) is 3.67. The van der Waals surface area contributed by atoms with Gasteiger partial charge in [-0.05, 0) is 49.8 Å². The summed E-state index contributed by atoms with van der Waals surface area (Å²) >= 11 is 1.41. The maximum Gasteiger partial charge on any atom is 0.274 e. The summed E-state index contributed by atoms with van der Waals surface area (Å²) in [5.74, 6) is 0.830. The van der Waals surface area contributed by atoms with E-state index in [1.807, 2.05) is 68.5 Å². The van der Waals surface area contributed by atoms with Crippen LogP contribution in [0.5, 0.6) is 5.75 Å². The largest absolute Gasteiger partial charge is 0.491 e. The van der Waals surface area contributed by atoms with Crippen LogP contribution in [0, 0.1) is 0 Å². The zero-order valence-corrected chi connectivity index (χ0v) is 14.2. The number of benzene rings is 2. The van der Waals surface area contributed by atoms with Gasteiger partial charge in [-0.15, -0.1) is 0 Å². The van der Waals surface area contributed by atoms with E-state index >= 15 is 0 Å². The molecule has 0 aliphatic heterocycles. The van der Waals surface area contributed by atoms with Gasteiger partial charge in [0.15, 0.2) is 4.96 Å². The second-order valence-electron chi connectivity index (χ2n) is 5.87. The molecule has 4 nitrogen and oxygen atoms in total. The SMILES string of the molecule is CC(C)Oc1ccc(/C=c2\sc3nc4ccccc4n3c2=O)cc1. The molecule has 0 aliphatic carbocycles. The molecule has 24 heavy (non-hydrogen) atoms. The summed E-state index contributed by atoms with van der Waals surface area (Å²) in [7, 11) is 0. The molecule has 120 valence electrons. The predicted octanol–water partition coefficient (Wildman–Crippen LogP) is 3.24. The Morgan fingerprint density at radius 3 is 2.62 bits per heavy atom. The molecule has 0 saturated carbocycles. The van der Waals surface area contributed by atoms with Gasteiger partial charge in [-0.2, -0.15) is 0 Å². The number of fused-ring (bicyclic) bond motifs is 3. The van der Waals surface area contributed by atoms with Gasteiger partial charge in [0.1, 0.15) is 5.75 Å². The van der Waals surface area contributed by atoms with Crippen molar-refractivity contribution in [1.29, 1.82) is 0 Å². The number of hydrogen-bond acceptors (Lipinski definition) is 4. The number of ether oxygens (including phenoxy) is 1. The highest BCUT2D eigenvalue weighted by Crippen LogP contribution is 2.17. The van der Waals surface area contributed by atoms with Crippen LogP contribution < -0.4 is 14.8 Å². The molecule has 0 N–H and O–H groups in total. The Bertz CT molecular complexity index is 1120. The van der Waals surface area contributed by atoms with E-state index < -0.39 is 0 Å². The van der Waals surface area contributed by atoms with E-state index in [0.717, 1.165) is 27.3 Å². The van der Waals surface area contributed by atoms with Gasteiger partial charge in [-0.25, -0.2) is 9.38 Å². The van der Waals surface area contributed by atoms with Crippen LogP contribution in [0.1, 0.15) is 19.4 Å². The fraction of sp³-hybridized carbons (Fsp3) is 0.158. The summed E-state index contributed by atoms with van der Waals surface area (Å²) < 4.78 is 8.00. The van der Waals surface area contributed by atoms with Crippen molar-refractivity contribution in [3.05, 3.63) is 69.0 Å². The normalized spacial score (nSPS) is 12.5. The number of rotatable bonds is 3. The molecule has 0 spiro atoms. The number of hydrogen-bond donors (Lipinski definition) is 0. The van der Waals surface area contributed by atoms with Gasteiger partial charge in [0.25, 0.3) is 5.56 Å². The average molecular weight is 336 g/mol. The molecule has 0 radical (unpaired) electrons. The van der Waals surface area contributed by atoms with Gasteiger partial charge >= 0.3 is 0 Å². The quantitative estimate of drug-likeness (QED) is 0.577. The Labute approximate surface area is 142 Å². The molecular weight excluding hydrogens is 320 g/mol. The molecule has 2 aromatic carbocycles. The van der Waals surface area contributed by atoms with Gasteiger partial charge in [0.2, 0.25) is 0 Å². The first-order chi connectivity index (χ1) is 11.6. The van der Waals surface area contributed by atoms with E-state index in [0.29, 0.717) is 4.53 Å². The molecule has 0 aliphatic rings. The highest BCUT2D eigenvalue weighted by Gasteiger charge is 2.10. The van der Waals surface area contributed by atoms with Gasteiger partial charge in [-0.1, -0.05) is 35.6 Å². The number of thiazole rings is 1. The molecular formula is C19H16N2O2S. The minimum absolute atomic E-state index is 0.0220. The lowest BCUT2D eigenvalue weighted by Gasteiger charge is -2.09. The van der Waals surface area contributed by atoms with Crippen molar-refractivity contribution in [3.8, 4) is 5.75 Å². The van der Waals surface area contributed by atoms with Gasteiger partial charge < -0.3 is 4.74 Å². The van der Waals surface area contributed by atoms with Crippen molar-refractivity contribution < 1.29 is 4.74 Å². The van der Waals surface area contributed by atoms with E-state index in [2.05, 4.69) is 4.98 Å². The minimum Gasteiger partial charge on any atom is -0.491 e. The number of aromatic nitrogens is 2. The average Bonchev–Trinajstić information content (AvgIpc) is 3.06. The van der Waals surface area contributed by atoms with Crippen LogP contribution >= 0.6 is 11.3 Å². The summed E-state index contributed by atoms with van der Waals surface area (Å²) in [6, 6.07) is 15.4. The maximum absolute atomic E-state index is 12.7. The molecule has 0 unspecified atom stereocenters. The monoisotopic (exact) mass is 336 g/mol. The van der Waals surface area contributed by atoms with Crippen molar-refractivity contribution >= 4 is 33.4 Å². The second-order valence-corrected chi connectivity index (χ2v) is 6.88. The van der Waals surface area contributed by atoms with Crippen molar-refractivity contribution in [2.75, 3.05) is 0 Å². The van der Waals surface area contributed by atoms with Crippen LogP contribution in [0.2, 0.25) is 0 Å². The molecule has 0 fully saturated rings. The van der Waals surface area contributed by atoms with Crippen LogP contribution in [-0.4, -0.2) is 15.5 Å². The van der Waals surface area contributed by atoms with Crippen molar-refractivity contribution in [2.24, 2.45) is 0 Å². The highest BCUT2D eigenvalue weighted by molar-refractivity contribution is 7.15. The standard InChI is InChI=1S/C19H16N2O2S/c1-12(2)23-14-9-7-13(8-10-14)11-17-18(22)21-16-6-4-3-5-15(16)20-19(21)24-17/h3-12H,1-2H3/b17-11-. The molecule has 0 saturated heterocycles. The third kappa shape index (κ3) is 2.57. The van der Waals surface area contributed by atoms with Crippen LogP contribution in [0.25, 0.3) is 22.1 Å². The van der Waals surface area contributed by atoms with E-state index in [9.17, 15) is 4.79 Å². The van der Waals surface area contributed by atoms with Crippen molar-refractivity contribution in [3.63, 3.8) is 0 Å². The van der Waals surface area contributed by atoms with Gasteiger partial charge in [0, 0.05) is 0 Å². The minimum atomic E-state index is -0.0220. The van der Waals surface area contributed by atoms with Crippen LogP contribution in [0.15, 0.2) is 53.3 Å². The Balaban J connectivity index is 1.80. The molecule has 0 amide bonds. The Kier molecular flexibility index (Phi) is 3.58. The van der Waals surface area contributed by atoms with Crippen LogP contribution in [0.3, 0.4) is 0 Å². The first kappa shape index (κ1) is 14.9. The van der Waals surface area contributed by atoms with E-state index in [1.165, 1.54) is 11.3 Å². The van der Waals surface area contributed by atoms with Crippen molar-refractivity contribution in [1.82, 2.24) is 9.38 Å². The summed E-state index contributed by atoms with van der Waals surface area (Å²) in [6.45, 7) is 3.99. The van der Waals surface area contributed by atoms with E-state index in [-0.39, 0.29) is 11.7 Å². The smallest absolute Gasteiger partial charge is 0.274 e. The lowest BCUT2D eigenvalue weighted by atomic mass is 10.2. The zero-order chi connectivity index (χ0) is 16.7. The molecule has 0 atom stereocenters. The fourth-order valence-electron chi connectivity index (χ4n) is 2.68. The molecule has 4 rings (SSSR count). The summed E-state index contributed by atoms with van der Waals surface area (Å²) in [5, 5.41) is 0. The Morgan fingerprint density at radius 2 is 1.88 bits per heavy atom. The molecule has 5 heteroatoms. The first-order valence-corrected chi connectivity index (χ1v) is 8.62. The second kappa shape index (κ2) is 5.76. The predicted molar refractivity (Wildman–Crippen MR) is 97.8 cm³/mol.